The van der Waals surface area contributed by atoms with Crippen molar-refractivity contribution in [3.63, 3.8) is 0 Å². The number of nitrogens with zero attached hydrogens (tertiary/aromatic N) is 2. The van der Waals surface area contributed by atoms with Crippen molar-refractivity contribution in [1.82, 2.24) is 15.3 Å². The lowest BCUT2D eigenvalue weighted by molar-refractivity contribution is -0.137. The van der Waals surface area contributed by atoms with E-state index in [9.17, 15) is 27.6 Å². The largest absolute Gasteiger partial charge is 0.417 e. The Balaban J connectivity index is 1.59. The van der Waals surface area contributed by atoms with Crippen molar-refractivity contribution in [2.45, 2.75) is 32.0 Å². The van der Waals surface area contributed by atoms with Gasteiger partial charge in [0.25, 0.3) is 11.8 Å². The molecule has 1 atom stereocenters. The van der Waals surface area contributed by atoms with Gasteiger partial charge in [0.05, 0.1) is 28.2 Å². The Morgan fingerprint density at radius 2 is 1.85 bits per heavy atom. The number of imidazole rings is 1. The van der Waals surface area contributed by atoms with Crippen LogP contribution < -0.4 is 15.5 Å². The molecule has 1 aliphatic rings. The highest BCUT2D eigenvalue weighted by Gasteiger charge is 2.36. The average molecular weight is 570 g/mol. The van der Waals surface area contributed by atoms with Gasteiger partial charge in [-0.2, -0.15) is 13.2 Å². The van der Waals surface area contributed by atoms with Gasteiger partial charge in [-0.15, -0.1) is 0 Å². The van der Waals surface area contributed by atoms with Crippen LogP contribution in [0.1, 0.15) is 56.6 Å². The van der Waals surface area contributed by atoms with Crippen LogP contribution in [0.15, 0.2) is 54.6 Å². The number of rotatable bonds is 5. The maximum Gasteiger partial charge on any atom is 0.417 e. The summed E-state index contributed by atoms with van der Waals surface area (Å²) in [5.41, 5.74) is 0.366. The van der Waals surface area contributed by atoms with Gasteiger partial charge in [0.1, 0.15) is 11.3 Å². The van der Waals surface area contributed by atoms with Crippen LogP contribution in [0.5, 0.6) is 0 Å². The summed E-state index contributed by atoms with van der Waals surface area (Å²) in [6.07, 6.45) is -3.91. The summed E-state index contributed by atoms with van der Waals surface area (Å²) < 4.78 is 40.9. The Morgan fingerprint density at radius 1 is 1.10 bits per heavy atom. The minimum Gasteiger partial charge on any atom is -0.346 e. The summed E-state index contributed by atoms with van der Waals surface area (Å²) >= 11 is 6.20. The number of fused-ring (bicyclic) bond motifs is 1. The molecule has 8 nitrogen and oxygen atoms in total. The van der Waals surface area contributed by atoms with Gasteiger partial charge in [-0.05, 0) is 55.3 Å². The topological polar surface area (TPSA) is 107 Å². The van der Waals surface area contributed by atoms with Crippen LogP contribution in [0.4, 0.5) is 24.5 Å². The highest BCUT2D eigenvalue weighted by Crippen LogP contribution is 2.34. The number of halogens is 4. The fourth-order valence-corrected chi connectivity index (χ4v) is 4.79. The fraction of sp³-hybridized carbons (Fsp3) is 0.214. The van der Waals surface area contributed by atoms with E-state index in [0.29, 0.717) is 40.5 Å². The first-order valence-electron chi connectivity index (χ1n) is 12.3. The van der Waals surface area contributed by atoms with Crippen LogP contribution >= 0.6 is 11.6 Å². The number of benzene rings is 3. The minimum absolute atomic E-state index is 0.0717. The molecule has 40 heavy (non-hydrogen) atoms. The Morgan fingerprint density at radius 3 is 2.55 bits per heavy atom. The van der Waals surface area contributed by atoms with Gasteiger partial charge in [-0.1, -0.05) is 29.8 Å². The van der Waals surface area contributed by atoms with Gasteiger partial charge < -0.3 is 20.5 Å². The van der Waals surface area contributed by atoms with Crippen molar-refractivity contribution in [1.29, 1.82) is 0 Å². The second-order valence-corrected chi connectivity index (χ2v) is 9.85. The van der Waals surface area contributed by atoms with E-state index in [1.54, 1.807) is 25.1 Å². The smallest absolute Gasteiger partial charge is 0.346 e. The third-order valence-corrected chi connectivity index (χ3v) is 7.24. The molecule has 3 N–H and O–H groups in total. The molecule has 0 radical (unpaired) electrons. The fourth-order valence-electron chi connectivity index (χ4n) is 4.62. The number of hydrogen-bond acceptors (Lipinski definition) is 4. The summed E-state index contributed by atoms with van der Waals surface area (Å²) in [7, 11) is 1.33. The van der Waals surface area contributed by atoms with Crippen molar-refractivity contribution in [3.05, 3.63) is 87.7 Å². The lowest BCUT2D eigenvalue weighted by Gasteiger charge is -2.21. The summed E-state index contributed by atoms with van der Waals surface area (Å²) in [6, 6.07) is 12.1. The molecule has 5 rings (SSSR count). The van der Waals surface area contributed by atoms with Gasteiger partial charge in [-0.3, -0.25) is 14.4 Å². The lowest BCUT2D eigenvalue weighted by atomic mass is 10.0. The van der Waals surface area contributed by atoms with Crippen molar-refractivity contribution in [2.75, 3.05) is 17.3 Å². The molecule has 0 spiro atoms. The number of aromatic amines is 1. The van der Waals surface area contributed by atoms with Crippen LogP contribution in [-0.4, -0.2) is 34.7 Å². The molecule has 4 aromatic rings. The van der Waals surface area contributed by atoms with Crippen molar-refractivity contribution in [2.24, 2.45) is 0 Å². The standard InChI is InChI=1S/C28H23ClF3N5O3/c1-14-19(29)8-5-9-20(14)35-26(39)17-12-15(13-22-24(17)36-25(34-22)21-10-11-23(38)33-21)37(2)27(40)16-6-3-4-7-18(16)28(30,31)32/h3-9,12-13,21H,10-11H2,1-2H3,(H,33,38)(H,34,36)(H,35,39)/t21-/m1/s1. The van der Waals surface area contributed by atoms with Gasteiger partial charge in [0, 0.05) is 29.9 Å². The molecule has 0 saturated carbocycles. The Kier molecular flexibility index (Phi) is 7.01. The molecule has 3 amide bonds. The first kappa shape index (κ1) is 27.2. The molecule has 0 unspecified atom stereocenters. The molecule has 1 fully saturated rings. The molecule has 0 aliphatic carbocycles. The molecule has 1 aliphatic heterocycles. The summed E-state index contributed by atoms with van der Waals surface area (Å²) in [6.45, 7) is 1.74. The number of alkyl halides is 3. The van der Waals surface area contributed by atoms with Gasteiger partial charge in [0.2, 0.25) is 5.91 Å². The van der Waals surface area contributed by atoms with Gasteiger partial charge in [0.15, 0.2) is 0 Å². The number of hydrogen-bond donors (Lipinski definition) is 3. The third kappa shape index (κ3) is 5.12. The van der Waals surface area contributed by atoms with Crippen molar-refractivity contribution in [3.8, 4) is 0 Å². The predicted molar refractivity (Wildman–Crippen MR) is 145 cm³/mol. The second-order valence-electron chi connectivity index (χ2n) is 9.44. The van der Waals surface area contributed by atoms with Crippen molar-refractivity contribution >= 4 is 51.7 Å². The number of anilines is 2. The molecule has 1 aromatic heterocycles. The number of aromatic nitrogens is 2. The second kappa shape index (κ2) is 10.3. The third-order valence-electron chi connectivity index (χ3n) is 6.83. The minimum atomic E-state index is -4.74. The van der Waals surface area contributed by atoms with E-state index in [4.69, 9.17) is 11.6 Å². The van der Waals surface area contributed by atoms with E-state index in [2.05, 4.69) is 20.6 Å². The monoisotopic (exact) mass is 569 g/mol. The highest BCUT2D eigenvalue weighted by atomic mass is 35.5. The maximum absolute atomic E-state index is 13.6. The first-order valence-corrected chi connectivity index (χ1v) is 12.7. The van der Waals surface area contributed by atoms with E-state index in [1.165, 1.54) is 31.3 Å². The number of H-pyrrole nitrogens is 1. The van der Waals surface area contributed by atoms with E-state index in [0.717, 1.165) is 17.0 Å². The Bertz CT molecular complexity index is 1670. The van der Waals surface area contributed by atoms with Crippen molar-refractivity contribution < 1.29 is 27.6 Å². The van der Waals surface area contributed by atoms with Gasteiger partial charge in [-0.25, -0.2) is 4.98 Å². The van der Waals surface area contributed by atoms with E-state index in [1.807, 2.05) is 0 Å². The van der Waals surface area contributed by atoms with Crippen LogP contribution in [0.2, 0.25) is 5.02 Å². The average Bonchev–Trinajstić information content (AvgIpc) is 3.55. The zero-order valence-corrected chi connectivity index (χ0v) is 22.1. The van der Waals surface area contributed by atoms with E-state index < -0.39 is 35.2 Å². The first-order chi connectivity index (χ1) is 18.9. The Labute approximate surface area is 231 Å². The SMILES string of the molecule is Cc1c(Cl)cccc1NC(=O)c1cc(N(C)C(=O)c2ccccc2C(F)(F)F)cc2[nH]c([C@H]3CCC(=O)N3)nc12. The lowest BCUT2D eigenvalue weighted by Crippen LogP contribution is -2.29. The molecular weight excluding hydrogens is 547 g/mol. The quantitative estimate of drug-likeness (QED) is 0.273. The molecule has 0 bridgehead atoms. The van der Waals surface area contributed by atoms with E-state index >= 15 is 0 Å². The summed E-state index contributed by atoms with van der Waals surface area (Å²) in [5.74, 6) is -1.19. The molecule has 12 heteroatoms. The zero-order chi connectivity index (χ0) is 28.8. The normalized spacial score (nSPS) is 15.2. The molecule has 1 saturated heterocycles. The number of carbonyl (C=O) groups excluding carboxylic acids is 3. The Hall–Kier alpha value is -4.38. The molecular formula is C28H23ClF3N5O3. The number of nitrogens with one attached hydrogen (secondary N) is 3. The molecule has 2 heterocycles. The van der Waals surface area contributed by atoms with Gasteiger partial charge >= 0.3 is 6.18 Å². The summed E-state index contributed by atoms with van der Waals surface area (Å²) in [5, 5.41) is 6.06. The maximum atomic E-state index is 13.6. The zero-order valence-electron chi connectivity index (χ0n) is 21.3. The predicted octanol–water partition coefficient (Wildman–Crippen LogP) is 6.02. The number of amides is 3. The van der Waals surface area contributed by atoms with Crippen LogP contribution in [0.3, 0.4) is 0 Å². The van der Waals surface area contributed by atoms with Crippen LogP contribution in [0.25, 0.3) is 11.0 Å². The number of carbonyl (C=O) groups is 3. The highest BCUT2D eigenvalue weighted by molar-refractivity contribution is 6.31. The van der Waals surface area contributed by atoms with E-state index in [-0.39, 0.29) is 22.7 Å². The molecule has 206 valence electrons. The summed E-state index contributed by atoms with van der Waals surface area (Å²) in [4.78, 5) is 47.3. The molecule has 3 aromatic carbocycles. The van der Waals surface area contributed by atoms with Crippen LogP contribution in [0, 0.1) is 6.92 Å². The van der Waals surface area contributed by atoms with Crippen LogP contribution in [-0.2, 0) is 11.0 Å².